The number of hydrogen-bond donors (Lipinski definition) is 0. The summed E-state index contributed by atoms with van der Waals surface area (Å²) in [6.45, 7) is 5.00. The molecule has 0 aromatic rings. The highest BCUT2D eigenvalue weighted by Gasteiger charge is 2.09. The lowest BCUT2D eigenvalue weighted by Crippen LogP contribution is -2.14. The van der Waals surface area contributed by atoms with Crippen molar-refractivity contribution in [3.63, 3.8) is 0 Å². The Bertz CT molecular complexity index is 298. The van der Waals surface area contributed by atoms with E-state index in [1.54, 1.807) is 0 Å². The van der Waals surface area contributed by atoms with Crippen LogP contribution in [-0.4, -0.2) is 30.4 Å². The van der Waals surface area contributed by atoms with Gasteiger partial charge in [0.15, 0.2) is 0 Å². The zero-order valence-corrected chi connectivity index (χ0v) is 9.71. The quantitative estimate of drug-likeness (QED) is 0.232. The van der Waals surface area contributed by atoms with Gasteiger partial charge in [0.25, 0.3) is 0 Å². The van der Waals surface area contributed by atoms with E-state index < -0.39 is 17.9 Å². The summed E-state index contributed by atoms with van der Waals surface area (Å²) in [5, 5.41) is 0. The second-order valence-electron chi connectivity index (χ2n) is 3.00. The smallest absolute Gasteiger partial charge is 0.333 e. The van der Waals surface area contributed by atoms with Gasteiger partial charge in [0, 0.05) is 12.0 Å². The first-order chi connectivity index (χ1) is 7.47. The Morgan fingerprint density at radius 1 is 1.25 bits per heavy atom. The van der Waals surface area contributed by atoms with Crippen LogP contribution in [0.4, 0.5) is 0 Å². The molecule has 0 atom stereocenters. The number of hydrogen-bond acceptors (Lipinski definition) is 5. The Kier molecular flexibility index (Phi) is 7.20. The van der Waals surface area contributed by atoms with Crippen LogP contribution in [0, 0.1) is 0 Å². The number of carbonyl (C=O) groups is 3. The van der Waals surface area contributed by atoms with Crippen LogP contribution in [0.25, 0.3) is 0 Å². The van der Waals surface area contributed by atoms with Crippen molar-refractivity contribution < 1.29 is 23.9 Å². The average molecular weight is 249 g/mol. The van der Waals surface area contributed by atoms with E-state index in [-0.39, 0.29) is 25.3 Å². The van der Waals surface area contributed by atoms with E-state index in [2.05, 4.69) is 11.3 Å². The monoisotopic (exact) mass is 248 g/mol. The summed E-state index contributed by atoms with van der Waals surface area (Å²) >= 11 is 5.13. The number of ether oxygens (including phenoxy) is 2. The van der Waals surface area contributed by atoms with Gasteiger partial charge in [0.05, 0.1) is 6.61 Å². The van der Waals surface area contributed by atoms with Crippen molar-refractivity contribution in [3.8, 4) is 0 Å². The zero-order valence-electron chi connectivity index (χ0n) is 8.95. The lowest BCUT2D eigenvalue weighted by molar-refractivity contribution is -0.158. The minimum Gasteiger partial charge on any atom is -0.462 e. The molecule has 0 fully saturated rings. The molecule has 0 bridgehead atoms. The summed E-state index contributed by atoms with van der Waals surface area (Å²) in [4.78, 5) is 32.4. The van der Waals surface area contributed by atoms with E-state index in [1.807, 2.05) is 0 Å². The summed E-state index contributed by atoms with van der Waals surface area (Å²) in [5.41, 5.74) is 0.292. The third-order valence-corrected chi connectivity index (χ3v) is 1.66. The Labute approximate surface area is 98.3 Å². The Morgan fingerprint density at radius 2 is 1.88 bits per heavy atom. The van der Waals surface area contributed by atoms with Crippen molar-refractivity contribution in [1.29, 1.82) is 0 Å². The fraction of sp³-hybridized carbons (Fsp3) is 0.500. The lowest BCUT2D eigenvalue weighted by atomic mass is 10.3. The number of carbonyl (C=O) groups excluding carboxylic acids is 3. The molecule has 0 rings (SSSR count). The molecule has 0 unspecified atom stereocenters. The topological polar surface area (TPSA) is 69.7 Å². The molecule has 0 heterocycles. The highest BCUT2D eigenvalue weighted by Crippen LogP contribution is 1.98. The van der Waals surface area contributed by atoms with Crippen molar-refractivity contribution in [2.75, 3.05) is 12.5 Å². The maximum Gasteiger partial charge on any atom is 0.333 e. The van der Waals surface area contributed by atoms with Gasteiger partial charge in [-0.05, 0) is 13.3 Å². The fourth-order valence-corrected chi connectivity index (χ4v) is 0.764. The third kappa shape index (κ3) is 7.00. The van der Waals surface area contributed by atoms with Crippen LogP contribution in [0.5, 0.6) is 0 Å². The predicted octanol–water partition coefficient (Wildman–Crippen LogP) is 1.19. The van der Waals surface area contributed by atoms with Gasteiger partial charge in [-0.15, -0.1) is 11.6 Å². The molecule has 0 aromatic carbocycles. The molecule has 0 saturated heterocycles. The molecular weight excluding hydrogens is 236 g/mol. The second-order valence-corrected chi connectivity index (χ2v) is 3.27. The molecule has 5 nitrogen and oxygen atoms in total. The summed E-state index contributed by atoms with van der Waals surface area (Å²) in [7, 11) is 0. The van der Waals surface area contributed by atoms with Crippen molar-refractivity contribution >= 4 is 29.5 Å². The number of alkyl halides is 1. The number of esters is 3. The van der Waals surface area contributed by atoms with Gasteiger partial charge in [0.1, 0.15) is 5.88 Å². The molecule has 0 radical (unpaired) electrons. The maximum atomic E-state index is 10.9. The van der Waals surface area contributed by atoms with E-state index in [0.29, 0.717) is 5.57 Å². The predicted molar refractivity (Wildman–Crippen MR) is 56.8 cm³/mol. The molecule has 0 aliphatic rings. The molecule has 6 heteroatoms. The summed E-state index contributed by atoms with van der Waals surface area (Å²) in [6, 6.07) is 0. The largest absolute Gasteiger partial charge is 0.462 e. The molecule has 0 aliphatic heterocycles. The second kappa shape index (κ2) is 7.87. The average Bonchev–Trinajstić information content (AvgIpc) is 2.23. The molecule has 0 aromatic heterocycles. The molecule has 16 heavy (non-hydrogen) atoms. The van der Waals surface area contributed by atoms with E-state index >= 15 is 0 Å². The molecule has 90 valence electrons. The zero-order chi connectivity index (χ0) is 12.6. The SMILES string of the molecule is C=C(C)C(=O)OCCCC(=O)OC(=O)CCl. The van der Waals surface area contributed by atoms with E-state index in [9.17, 15) is 14.4 Å². The number of halogens is 1. The van der Waals surface area contributed by atoms with Gasteiger partial charge in [-0.1, -0.05) is 6.58 Å². The van der Waals surface area contributed by atoms with Crippen molar-refractivity contribution in [2.24, 2.45) is 0 Å². The van der Waals surface area contributed by atoms with Gasteiger partial charge in [-0.3, -0.25) is 9.59 Å². The molecule has 0 N–H and O–H groups in total. The van der Waals surface area contributed by atoms with Crippen LogP contribution >= 0.6 is 11.6 Å². The van der Waals surface area contributed by atoms with Gasteiger partial charge in [-0.2, -0.15) is 0 Å². The van der Waals surface area contributed by atoms with Crippen LogP contribution in [0.15, 0.2) is 12.2 Å². The van der Waals surface area contributed by atoms with Crippen LogP contribution < -0.4 is 0 Å². The normalized spacial score (nSPS) is 9.38. The Hall–Kier alpha value is -1.36. The highest BCUT2D eigenvalue weighted by atomic mass is 35.5. The minimum absolute atomic E-state index is 0.00784. The molecule has 0 saturated carbocycles. The van der Waals surface area contributed by atoms with Crippen LogP contribution in [0.3, 0.4) is 0 Å². The standard InChI is InChI=1S/C10H13ClO5/c1-7(2)10(14)15-5-3-4-8(12)16-9(13)6-11/h1,3-6H2,2H3. The van der Waals surface area contributed by atoms with Crippen LogP contribution in [0.2, 0.25) is 0 Å². The van der Waals surface area contributed by atoms with Gasteiger partial charge < -0.3 is 9.47 Å². The summed E-state index contributed by atoms with van der Waals surface area (Å²) in [5.74, 6) is -2.34. The van der Waals surface area contributed by atoms with Crippen LogP contribution in [-0.2, 0) is 23.9 Å². The molecule has 0 amide bonds. The molecule has 0 spiro atoms. The third-order valence-electron chi connectivity index (χ3n) is 1.44. The van der Waals surface area contributed by atoms with E-state index in [4.69, 9.17) is 16.3 Å². The first-order valence-corrected chi connectivity index (χ1v) is 5.13. The van der Waals surface area contributed by atoms with Crippen LogP contribution in [0.1, 0.15) is 19.8 Å². The number of rotatable bonds is 6. The highest BCUT2D eigenvalue weighted by molar-refractivity contribution is 6.27. The first kappa shape index (κ1) is 14.6. The van der Waals surface area contributed by atoms with Crippen molar-refractivity contribution in [2.45, 2.75) is 19.8 Å². The minimum atomic E-state index is -0.786. The van der Waals surface area contributed by atoms with E-state index in [1.165, 1.54) is 6.92 Å². The Balaban J connectivity index is 3.59. The van der Waals surface area contributed by atoms with Crippen molar-refractivity contribution in [3.05, 3.63) is 12.2 Å². The molecule has 0 aliphatic carbocycles. The summed E-state index contributed by atoms with van der Waals surface area (Å²) in [6.07, 6.45) is 0.277. The van der Waals surface area contributed by atoms with Gasteiger partial charge >= 0.3 is 17.9 Å². The summed E-state index contributed by atoms with van der Waals surface area (Å²) < 4.78 is 9.01. The fourth-order valence-electron chi connectivity index (χ4n) is 0.710. The first-order valence-electron chi connectivity index (χ1n) is 4.59. The lowest BCUT2D eigenvalue weighted by Gasteiger charge is -2.03. The van der Waals surface area contributed by atoms with Crippen molar-refractivity contribution in [1.82, 2.24) is 0 Å². The van der Waals surface area contributed by atoms with Gasteiger partial charge in [-0.25, -0.2) is 4.79 Å². The maximum absolute atomic E-state index is 10.9. The molecular formula is C10H13ClO5. The Morgan fingerprint density at radius 3 is 2.38 bits per heavy atom. The van der Waals surface area contributed by atoms with E-state index in [0.717, 1.165) is 0 Å². The van der Waals surface area contributed by atoms with Gasteiger partial charge in [0.2, 0.25) is 0 Å².